The topological polar surface area (TPSA) is 75.7 Å². The van der Waals surface area contributed by atoms with Crippen molar-refractivity contribution in [1.29, 1.82) is 0 Å². The summed E-state index contributed by atoms with van der Waals surface area (Å²) in [4.78, 5) is 12.9. The lowest BCUT2D eigenvalue weighted by Crippen LogP contribution is -2.50. The van der Waals surface area contributed by atoms with Crippen molar-refractivity contribution in [1.82, 2.24) is 5.32 Å². The fourth-order valence-corrected chi connectivity index (χ4v) is 4.98. The number of carbonyl (C=O) groups excluding carboxylic acids is 1. The summed E-state index contributed by atoms with van der Waals surface area (Å²) in [6.45, 7) is 3.79. The third-order valence-corrected chi connectivity index (χ3v) is 6.81. The highest BCUT2D eigenvalue weighted by Crippen LogP contribution is 2.36. The second kappa shape index (κ2) is 7.37. The van der Waals surface area contributed by atoms with Crippen molar-refractivity contribution in [3.63, 3.8) is 0 Å². The number of anilines is 1. The van der Waals surface area contributed by atoms with Crippen LogP contribution in [-0.4, -0.2) is 33.2 Å². The Morgan fingerprint density at radius 2 is 1.93 bits per heavy atom. The highest BCUT2D eigenvalue weighted by molar-refractivity contribution is 7.92. The number of ether oxygens (including phenoxy) is 1. The van der Waals surface area contributed by atoms with Crippen molar-refractivity contribution in [2.75, 3.05) is 17.1 Å². The molecule has 1 N–H and O–H groups in total. The van der Waals surface area contributed by atoms with Gasteiger partial charge in [-0.05, 0) is 67.5 Å². The summed E-state index contributed by atoms with van der Waals surface area (Å²) in [5.41, 5.74) is 5.19. The minimum Gasteiger partial charge on any atom is -0.476 e. The minimum atomic E-state index is -3.53. The molecule has 0 unspecified atom stereocenters. The number of rotatable bonds is 4. The third kappa shape index (κ3) is 3.96. The normalized spacial score (nSPS) is 19.1. The fraction of sp³-hybridized carbons (Fsp3) is 0.409. The highest BCUT2D eigenvalue weighted by Gasteiger charge is 2.35. The summed E-state index contributed by atoms with van der Waals surface area (Å²) in [6, 6.07) is 11.5. The maximum absolute atomic E-state index is 12.9. The Balaban J connectivity index is 1.54. The summed E-state index contributed by atoms with van der Waals surface area (Å²) in [6.07, 6.45) is 3.61. The first-order chi connectivity index (χ1) is 13.7. The van der Waals surface area contributed by atoms with Gasteiger partial charge in [0.1, 0.15) is 5.75 Å². The molecule has 154 valence electrons. The molecule has 2 aliphatic rings. The molecule has 2 aromatic rings. The van der Waals surface area contributed by atoms with Crippen LogP contribution < -0.4 is 14.4 Å². The maximum atomic E-state index is 12.9. The van der Waals surface area contributed by atoms with Crippen LogP contribution in [0.25, 0.3) is 0 Å². The van der Waals surface area contributed by atoms with Crippen LogP contribution in [0.2, 0.25) is 0 Å². The Bertz CT molecular complexity index is 1060. The maximum Gasteiger partial charge on any atom is 0.263 e. The molecule has 2 aromatic carbocycles. The van der Waals surface area contributed by atoms with Crippen molar-refractivity contribution in [3.05, 3.63) is 58.7 Å². The highest BCUT2D eigenvalue weighted by atomic mass is 32.2. The average molecular weight is 415 g/mol. The summed E-state index contributed by atoms with van der Waals surface area (Å²) in [5, 5.41) is 2.99. The minimum absolute atomic E-state index is 0.0440. The van der Waals surface area contributed by atoms with Gasteiger partial charge in [0, 0.05) is 0 Å². The molecule has 29 heavy (non-hydrogen) atoms. The number of aryl methyl sites for hydroxylation is 3. The molecule has 0 aromatic heterocycles. The SMILES string of the molecule is Cc1ccc2c(c1)O[C@H](C(=O)N[C@@H](C)c1ccc3c(c1)CCC3)CN2S(C)(=O)=O. The van der Waals surface area contributed by atoms with E-state index in [1.165, 1.54) is 21.9 Å². The first kappa shape index (κ1) is 19.8. The van der Waals surface area contributed by atoms with Gasteiger partial charge in [0.05, 0.1) is 24.5 Å². The van der Waals surface area contributed by atoms with Crippen molar-refractivity contribution >= 4 is 21.6 Å². The van der Waals surface area contributed by atoms with Crippen LogP contribution in [0.1, 0.15) is 41.6 Å². The Morgan fingerprint density at radius 3 is 2.69 bits per heavy atom. The van der Waals surface area contributed by atoms with Crippen LogP contribution in [0.3, 0.4) is 0 Å². The summed E-state index contributed by atoms with van der Waals surface area (Å²) < 4.78 is 31.7. The molecule has 2 atom stereocenters. The molecule has 4 rings (SSSR count). The number of hydrogen-bond donors (Lipinski definition) is 1. The van der Waals surface area contributed by atoms with Crippen LogP contribution in [0.4, 0.5) is 5.69 Å². The van der Waals surface area contributed by atoms with Gasteiger partial charge in [-0.25, -0.2) is 8.42 Å². The zero-order chi connectivity index (χ0) is 20.8. The van der Waals surface area contributed by atoms with Crippen molar-refractivity contribution in [2.45, 2.75) is 45.3 Å². The number of fused-ring (bicyclic) bond motifs is 2. The number of hydrogen-bond acceptors (Lipinski definition) is 4. The van der Waals surface area contributed by atoms with E-state index in [9.17, 15) is 13.2 Å². The van der Waals surface area contributed by atoms with E-state index in [0.717, 1.165) is 30.2 Å². The van der Waals surface area contributed by atoms with E-state index in [-0.39, 0.29) is 18.5 Å². The zero-order valence-electron chi connectivity index (χ0n) is 16.9. The van der Waals surface area contributed by atoms with Gasteiger partial charge in [-0.2, -0.15) is 0 Å². The Hall–Kier alpha value is -2.54. The molecule has 1 aliphatic carbocycles. The van der Waals surface area contributed by atoms with E-state index in [4.69, 9.17) is 4.74 Å². The summed E-state index contributed by atoms with van der Waals surface area (Å²) >= 11 is 0. The van der Waals surface area contributed by atoms with E-state index in [1.807, 2.05) is 19.9 Å². The Kier molecular flexibility index (Phi) is 5.02. The lowest BCUT2D eigenvalue weighted by atomic mass is 10.0. The quantitative estimate of drug-likeness (QED) is 0.835. The van der Waals surface area contributed by atoms with Gasteiger partial charge in [0.25, 0.3) is 5.91 Å². The third-order valence-electron chi connectivity index (χ3n) is 5.66. The van der Waals surface area contributed by atoms with Crippen LogP contribution in [-0.2, 0) is 27.7 Å². The van der Waals surface area contributed by atoms with Gasteiger partial charge in [0.15, 0.2) is 6.10 Å². The molecule has 1 heterocycles. The van der Waals surface area contributed by atoms with Gasteiger partial charge in [-0.3, -0.25) is 9.10 Å². The molecule has 0 spiro atoms. The number of nitrogens with zero attached hydrogens (tertiary/aromatic N) is 1. The second-order valence-electron chi connectivity index (χ2n) is 7.98. The van der Waals surface area contributed by atoms with Gasteiger partial charge in [-0.15, -0.1) is 0 Å². The molecular weight excluding hydrogens is 388 g/mol. The largest absolute Gasteiger partial charge is 0.476 e. The molecule has 0 fully saturated rings. The number of benzene rings is 2. The van der Waals surface area contributed by atoms with Crippen LogP contribution in [0.5, 0.6) is 5.75 Å². The van der Waals surface area contributed by atoms with E-state index in [2.05, 4.69) is 23.5 Å². The molecular formula is C22H26N2O4S. The monoisotopic (exact) mass is 414 g/mol. The van der Waals surface area contributed by atoms with Crippen LogP contribution in [0, 0.1) is 6.92 Å². The molecule has 6 nitrogen and oxygen atoms in total. The first-order valence-corrected chi connectivity index (χ1v) is 11.7. The summed E-state index contributed by atoms with van der Waals surface area (Å²) in [5.74, 6) is 0.0887. The first-order valence-electron chi connectivity index (χ1n) is 9.89. The summed E-state index contributed by atoms with van der Waals surface area (Å²) in [7, 11) is -3.53. The number of carbonyl (C=O) groups is 1. The van der Waals surface area contributed by atoms with Gasteiger partial charge < -0.3 is 10.1 Å². The zero-order valence-corrected chi connectivity index (χ0v) is 17.8. The van der Waals surface area contributed by atoms with Crippen molar-refractivity contribution in [2.24, 2.45) is 0 Å². The molecule has 0 saturated carbocycles. The van der Waals surface area contributed by atoms with Crippen LogP contribution >= 0.6 is 0 Å². The number of nitrogens with one attached hydrogen (secondary N) is 1. The fourth-order valence-electron chi connectivity index (χ4n) is 4.06. The number of amides is 1. The van der Waals surface area contributed by atoms with E-state index in [1.54, 1.807) is 12.1 Å². The van der Waals surface area contributed by atoms with Gasteiger partial charge >= 0.3 is 0 Å². The average Bonchev–Trinajstić information content (AvgIpc) is 3.13. The van der Waals surface area contributed by atoms with Crippen molar-refractivity contribution in [3.8, 4) is 5.75 Å². The van der Waals surface area contributed by atoms with Crippen molar-refractivity contribution < 1.29 is 17.9 Å². The molecule has 1 amide bonds. The number of sulfonamides is 1. The lowest BCUT2D eigenvalue weighted by Gasteiger charge is -2.34. The van der Waals surface area contributed by atoms with E-state index < -0.39 is 16.1 Å². The Labute approximate surface area is 171 Å². The smallest absolute Gasteiger partial charge is 0.263 e. The lowest BCUT2D eigenvalue weighted by molar-refractivity contribution is -0.128. The predicted molar refractivity (Wildman–Crippen MR) is 113 cm³/mol. The Morgan fingerprint density at radius 1 is 1.17 bits per heavy atom. The predicted octanol–water partition coefficient (Wildman–Crippen LogP) is 2.89. The van der Waals surface area contributed by atoms with Gasteiger partial charge in [0.2, 0.25) is 10.0 Å². The van der Waals surface area contributed by atoms with E-state index >= 15 is 0 Å². The second-order valence-corrected chi connectivity index (χ2v) is 9.89. The van der Waals surface area contributed by atoms with Crippen LogP contribution in [0.15, 0.2) is 36.4 Å². The van der Waals surface area contributed by atoms with E-state index in [0.29, 0.717) is 11.4 Å². The molecule has 0 radical (unpaired) electrons. The van der Waals surface area contributed by atoms with Gasteiger partial charge in [-0.1, -0.05) is 24.3 Å². The molecule has 7 heteroatoms. The molecule has 0 bridgehead atoms. The molecule has 0 saturated heterocycles. The standard InChI is InChI=1S/C22H26N2O4S/c1-14-7-10-19-20(11-14)28-21(13-24(19)29(3,26)27)22(25)23-15(2)17-9-8-16-5-4-6-18(16)12-17/h7-12,15,21H,4-6,13H2,1-3H3,(H,23,25)/t15-,21-/m0/s1. The molecule has 1 aliphatic heterocycles.